The topological polar surface area (TPSA) is 29.1 Å². The van der Waals surface area contributed by atoms with Gasteiger partial charge < -0.3 is 5.32 Å². The Balaban J connectivity index is 2.19. The quantitative estimate of drug-likeness (QED) is 0.745. The van der Waals surface area contributed by atoms with Crippen molar-refractivity contribution in [1.29, 1.82) is 0 Å². The number of hydrogen-bond acceptors (Lipinski definition) is 1. The summed E-state index contributed by atoms with van der Waals surface area (Å²) in [5, 5.41) is 2.93. The maximum atomic E-state index is 11.1. The first-order valence-corrected chi connectivity index (χ1v) is 5.50. The number of hydrogen-bond donors (Lipinski definition) is 1. The third kappa shape index (κ3) is 2.20. The highest BCUT2D eigenvalue weighted by Crippen LogP contribution is 2.26. The smallest absolute Gasteiger partial charge is 0.220 e. The standard InChI is InChI=1S/C13H17NO/c1-9-3-5-12(10(2)7-9)11-4-6-13(15)14-8-11/h3,5,7,11H,4,6,8H2,1-2H3,(H,14,15). The maximum absolute atomic E-state index is 11.1. The summed E-state index contributed by atoms with van der Waals surface area (Å²) in [6.45, 7) is 5.06. The first-order chi connectivity index (χ1) is 7.16. The second-order valence-corrected chi connectivity index (χ2v) is 4.40. The minimum Gasteiger partial charge on any atom is -0.355 e. The van der Waals surface area contributed by atoms with Crippen molar-refractivity contribution in [3.05, 3.63) is 34.9 Å². The van der Waals surface area contributed by atoms with Gasteiger partial charge in [0.1, 0.15) is 0 Å². The summed E-state index contributed by atoms with van der Waals surface area (Å²) in [7, 11) is 0. The molecule has 0 saturated carbocycles. The minimum absolute atomic E-state index is 0.191. The van der Waals surface area contributed by atoms with Crippen LogP contribution in [0, 0.1) is 13.8 Å². The van der Waals surface area contributed by atoms with Gasteiger partial charge in [-0.05, 0) is 31.4 Å². The number of benzene rings is 1. The third-order valence-electron chi connectivity index (χ3n) is 3.13. The first-order valence-electron chi connectivity index (χ1n) is 5.50. The lowest BCUT2D eigenvalue weighted by Crippen LogP contribution is -2.33. The molecule has 2 nitrogen and oxygen atoms in total. The summed E-state index contributed by atoms with van der Waals surface area (Å²) < 4.78 is 0. The Kier molecular flexibility index (Phi) is 2.76. The molecule has 2 heteroatoms. The fourth-order valence-electron chi connectivity index (χ4n) is 2.28. The minimum atomic E-state index is 0.191. The summed E-state index contributed by atoms with van der Waals surface area (Å²) in [4.78, 5) is 11.1. The highest BCUT2D eigenvalue weighted by Gasteiger charge is 2.20. The van der Waals surface area contributed by atoms with E-state index in [0.29, 0.717) is 12.3 Å². The molecule has 1 fully saturated rings. The molecule has 0 spiro atoms. The van der Waals surface area contributed by atoms with Crippen LogP contribution in [0.1, 0.15) is 35.4 Å². The lowest BCUT2D eigenvalue weighted by atomic mass is 9.88. The van der Waals surface area contributed by atoms with Gasteiger partial charge in [-0.15, -0.1) is 0 Å². The van der Waals surface area contributed by atoms with Crippen LogP contribution in [0.4, 0.5) is 0 Å². The second-order valence-electron chi connectivity index (χ2n) is 4.40. The molecule has 15 heavy (non-hydrogen) atoms. The van der Waals surface area contributed by atoms with E-state index in [1.54, 1.807) is 0 Å². The van der Waals surface area contributed by atoms with Crippen LogP contribution in [0.2, 0.25) is 0 Å². The van der Waals surface area contributed by atoms with Gasteiger partial charge in [0.25, 0.3) is 0 Å². The van der Waals surface area contributed by atoms with E-state index in [9.17, 15) is 4.79 Å². The van der Waals surface area contributed by atoms with Crippen LogP contribution in [-0.4, -0.2) is 12.5 Å². The van der Waals surface area contributed by atoms with Gasteiger partial charge in [0, 0.05) is 18.9 Å². The van der Waals surface area contributed by atoms with E-state index in [4.69, 9.17) is 0 Å². The number of carbonyl (C=O) groups is 1. The van der Waals surface area contributed by atoms with Gasteiger partial charge in [-0.3, -0.25) is 4.79 Å². The molecule has 1 amide bonds. The number of amides is 1. The zero-order valence-electron chi connectivity index (χ0n) is 9.34. The predicted octanol–water partition coefficient (Wildman–Crippen LogP) is 2.30. The van der Waals surface area contributed by atoms with Crippen molar-refractivity contribution in [2.75, 3.05) is 6.54 Å². The molecule has 0 aliphatic carbocycles. The number of carbonyl (C=O) groups excluding carboxylic acids is 1. The summed E-state index contributed by atoms with van der Waals surface area (Å²) >= 11 is 0. The van der Waals surface area contributed by atoms with Gasteiger partial charge in [0.15, 0.2) is 0 Å². The lowest BCUT2D eigenvalue weighted by Gasteiger charge is -2.24. The average molecular weight is 203 g/mol. The molecule has 1 aromatic rings. The normalized spacial score (nSPS) is 21.2. The van der Waals surface area contributed by atoms with E-state index in [1.165, 1.54) is 16.7 Å². The van der Waals surface area contributed by atoms with Crippen LogP contribution >= 0.6 is 0 Å². The Hall–Kier alpha value is -1.31. The van der Waals surface area contributed by atoms with Gasteiger partial charge in [0.2, 0.25) is 5.91 Å². The van der Waals surface area contributed by atoms with Crippen molar-refractivity contribution in [3.63, 3.8) is 0 Å². The van der Waals surface area contributed by atoms with E-state index in [-0.39, 0.29) is 5.91 Å². The summed E-state index contributed by atoms with van der Waals surface area (Å²) in [5.74, 6) is 0.694. The van der Waals surface area contributed by atoms with Crippen LogP contribution in [0.5, 0.6) is 0 Å². The average Bonchev–Trinajstić information content (AvgIpc) is 2.20. The number of piperidine rings is 1. The molecule has 1 aromatic carbocycles. The molecule has 80 valence electrons. The molecule has 1 unspecified atom stereocenters. The molecule has 1 aliphatic rings. The van der Waals surface area contributed by atoms with E-state index < -0.39 is 0 Å². The molecule has 1 heterocycles. The highest BCUT2D eigenvalue weighted by molar-refractivity contribution is 5.76. The predicted molar refractivity (Wildman–Crippen MR) is 60.9 cm³/mol. The zero-order valence-corrected chi connectivity index (χ0v) is 9.34. The van der Waals surface area contributed by atoms with Crippen molar-refractivity contribution < 1.29 is 4.79 Å². The second kappa shape index (κ2) is 4.05. The summed E-state index contributed by atoms with van der Waals surface area (Å²) in [6, 6.07) is 6.57. The molecular weight excluding hydrogens is 186 g/mol. The lowest BCUT2D eigenvalue weighted by molar-refractivity contribution is -0.122. The van der Waals surface area contributed by atoms with Crippen LogP contribution < -0.4 is 5.32 Å². The van der Waals surface area contributed by atoms with Crippen molar-refractivity contribution in [2.24, 2.45) is 0 Å². The fourth-order valence-corrected chi connectivity index (χ4v) is 2.28. The van der Waals surface area contributed by atoms with E-state index in [1.807, 2.05) is 0 Å². The highest BCUT2D eigenvalue weighted by atomic mass is 16.1. The molecule has 2 rings (SSSR count). The largest absolute Gasteiger partial charge is 0.355 e. The van der Waals surface area contributed by atoms with Crippen LogP contribution in [-0.2, 0) is 4.79 Å². The first kappa shape index (κ1) is 10.2. The van der Waals surface area contributed by atoms with Crippen molar-refractivity contribution in [3.8, 4) is 0 Å². The Morgan fingerprint density at radius 2 is 2.13 bits per heavy atom. The van der Waals surface area contributed by atoms with E-state index in [2.05, 4.69) is 37.4 Å². The monoisotopic (exact) mass is 203 g/mol. The Morgan fingerprint density at radius 3 is 2.73 bits per heavy atom. The van der Waals surface area contributed by atoms with E-state index in [0.717, 1.165) is 13.0 Å². The molecule has 0 radical (unpaired) electrons. The Bertz CT molecular complexity index is 374. The van der Waals surface area contributed by atoms with Crippen LogP contribution in [0.3, 0.4) is 0 Å². The van der Waals surface area contributed by atoms with Gasteiger partial charge in [-0.25, -0.2) is 0 Å². The molecule has 0 aromatic heterocycles. The number of nitrogens with one attached hydrogen (secondary N) is 1. The Labute approximate surface area is 90.7 Å². The van der Waals surface area contributed by atoms with Crippen molar-refractivity contribution in [1.82, 2.24) is 5.32 Å². The number of rotatable bonds is 1. The van der Waals surface area contributed by atoms with Crippen LogP contribution in [0.15, 0.2) is 18.2 Å². The molecule has 1 saturated heterocycles. The molecule has 1 atom stereocenters. The SMILES string of the molecule is Cc1ccc(C2CCC(=O)NC2)c(C)c1. The van der Waals surface area contributed by atoms with Crippen molar-refractivity contribution >= 4 is 5.91 Å². The molecule has 1 aliphatic heterocycles. The van der Waals surface area contributed by atoms with Gasteiger partial charge in [-0.2, -0.15) is 0 Å². The number of aryl methyl sites for hydroxylation is 2. The van der Waals surface area contributed by atoms with Crippen molar-refractivity contribution in [2.45, 2.75) is 32.6 Å². The maximum Gasteiger partial charge on any atom is 0.220 e. The van der Waals surface area contributed by atoms with Crippen LogP contribution in [0.25, 0.3) is 0 Å². The van der Waals surface area contributed by atoms with Gasteiger partial charge in [0.05, 0.1) is 0 Å². The molecular formula is C13H17NO. The summed E-state index contributed by atoms with van der Waals surface area (Å²) in [6.07, 6.45) is 1.65. The Morgan fingerprint density at radius 1 is 1.33 bits per heavy atom. The molecule has 0 bridgehead atoms. The zero-order chi connectivity index (χ0) is 10.8. The molecule has 1 N–H and O–H groups in total. The van der Waals surface area contributed by atoms with Gasteiger partial charge in [-0.1, -0.05) is 23.8 Å². The van der Waals surface area contributed by atoms with Gasteiger partial charge >= 0.3 is 0 Å². The fraction of sp³-hybridized carbons (Fsp3) is 0.462. The van der Waals surface area contributed by atoms with E-state index >= 15 is 0 Å². The third-order valence-corrected chi connectivity index (χ3v) is 3.13. The summed E-state index contributed by atoms with van der Waals surface area (Å²) in [5.41, 5.74) is 4.04.